The third kappa shape index (κ3) is 2.17. The first-order valence-corrected chi connectivity index (χ1v) is 3.84. The van der Waals surface area contributed by atoms with E-state index < -0.39 is 0 Å². The second-order valence-corrected chi connectivity index (χ2v) is 2.54. The van der Waals surface area contributed by atoms with Gasteiger partial charge in [-0.1, -0.05) is 10.5 Å². The molecule has 0 aromatic rings. The molecule has 1 aliphatic heterocycles. The molecule has 15 heavy (non-hydrogen) atoms. The van der Waals surface area contributed by atoms with Crippen molar-refractivity contribution in [2.75, 3.05) is 21.1 Å². The molecule has 0 aliphatic carbocycles. The summed E-state index contributed by atoms with van der Waals surface area (Å²) in [5, 5.41) is 13.0. The first-order valence-electron chi connectivity index (χ1n) is 3.84. The quantitative estimate of drug-likeness (QED) is 0.416. The van der Waals surface area contributed by atoms with Crippen molar-refractivity contribution in [2.24, 2.45) is 10.2 Å². The van der Waals surface area contributed by atoms with E-state index in [9.17, 15) is 9.59 Å². The summed E-state index contributed by atoms with van der Waals surface area (Å²) in [6.07, 6.45) is 2.65. The van der Waals surface area contributed by atoms with E-state index in [-0.39, 0.29) is 0 Å². The Morgan fingerprint density at radius 2 is 1.60 bits per heavy atom. The minimum atomic E-state index is 0.915. The number of hydrazone groups is 2. The Kier molecular flexibility index (Phi) is 3.47. The molecule has 10 nitrogen and oxygen atoms in total. The van der Waals surface area contributed by atoms with Gasteiger partial charge in [-0.3, -0.25) is 0 Å². The lowest BCUT2D eigenvalue weighted by Crippen LogP contribution is -2.71. The third-order valence-corrected chi connectivity index (χ3v) is 1.78. The van der Waals surface area contributed by atoms with E-state index in [1.165, 1.54) is 22.4 Å². The van der Waals surface area contributed by atoms with Crippen molar-refractivity contribution in [3.8, 4) is 0 Å². The maximum Gasteiger partial charge on any atom is 0.261 e. The van der Waals surface area contributed by atoms with Gasteiger partial charge in [0.15, 0.2) is 0 Å². The monoisotopic (exact) mass is 214 g/mol. The zero-order valence-corrected chi connectivity index (χ0v) is 8.45. The molecule has 10 heteroatoms. The largest absolute Gasteiger partial charge is 0.261 e. The molecule has 0 bridgehead atoms. The Balaban J connectivity index is 2.94. The van der Waals surface area contributed by atoms with Gasteiger partial charge in [0, 0.05) is 21.1 Å². The van der Waals surface area contributed by atoms with Crippen LogP contribution < -0.4 is 5.53 Å². The number of carbonyl (C=O) groups excluding carboxylic acids is 2. The molecular formula is C5H10N8O2. The van der Waals surface area contributed by atoms with Crippen LogP contribution >= 0.6 is 0 Å². The van der Waals surface area contributed by atoms with E-state index in [4.69, 9.17) is 0 Å². The van der Waals surface area contributed by atoms with Crippen molar-refractivity contribution in [2.45, 2.75) is 0 Å². The van der Waals surface area contributed by atoms with Crippen molar-refractivity contribution in [3.63, 3.8) is 0 Å². The Labute approximate surface area is 85.4 Å². The van der Waals surface area contributed by atoms with Crippen molar-refractivity contribution in [1.82, 2.24) is 31.3 Å². The van der Waals surface area contributed by atoms with Gasteiger partial charge in [-0.2, -0.15) is 0 Å². The fourth-order valence-corrected chi connectivity index (χ4v) is 0.911. The Morgan fingerprint density at radius 1 is 1.00 bits per heavy atom. The van der Waals surface area contributed by atoms with Crippen LogP contribution in [0.15, 0.2) is 10.2 Å². The molecule has 82 valence electrons. The van der Waals surface area contributed by atoms with Gasteiger partial charge in [0.2, 0.25) is 0 Å². The van der Waals surface area contributed by atoms with Crippen molar-refractivity contribution in [1.29, 1.82) is 0 Å². The van der Waals surface area contributed by atoms with Gasteiger partial charge in [0.1, 0.15) is 0 Å². The number of hydrogen-bond donors (Lipinski definition) is 1. The van der Waals surface area contributed by atoms with E-state index in [0.29, 0.717) is 0 Å². The highest BCUT2D eigenvalue weighted by Gasteiger charge is 2.30. The lowest BCUT2D eigenvalue weighted by molar-refractivity contribution is -0.412. The average Bonchev–Trinajstić information content (AvgIpc) is 2.21. The first-order chi connectivity index (χ1) is 7.11. The predicted molar refractivity (Wildman–Crippen MR) is 46.3 cm³/mol. The molecule has 0 aromatic heterocycles. The normalized spacial score (nSPS) is 19.7. The van der Waals surface area contributed by atoms with Crippen LogP contribution in [-0.2, 0) is 9.59 Å². The topological polar surface area (TPSA) is 87.1 Å². The van der Waals surface area contributed by atoms with Gasteiger partial charge >= 0.3 is 0 Å². The van der Waals surface area contributed by atoms with Crippen LogP contribution in [0.4, 0.5) is 0 Å². The minimum Gasteiger partial charge on any atom is -0.209 e. The van der Waals surface area contributed by atoms with Crippen molar-refractivity contribution in [3.05, 3.63) is 0 Å². The molecule has 0 amide bonds. The number of rotatable bonds is 2. The summed E-state index contributed by atoms with van der Waals surface area (Å²) in [5.74, 6) is 0. The van der Waals surface area contributed by atoms with E-state index >= 15 is 0 Å². The minimum absolute atomic E-state index is 0.915. The average molecular weight is 214 g/mol. The van der Waals surface area contributed by atoms with Crippen LogP contribution in [0, 0.1) is 0 Å². The Morgan fingerprint density at radius 3 is 2.13 bits per heavy atom. The second kappa shape index (κ2) is 4.62. The molecule has 0 radical (unpaired) electrons. The van der Waals surface area contributed by atoms with Crippen LogP contribution in [0.1, 0.15) is 0 Å². The molecule has 1 heterocycles. The molecular weight excluding hydrogens is 204 g/mol. The predicted octanol–water partition coefficient (Wildman–Crippen LogP) is -2.02. The summed E-state index contributed by atoms with van der Waals surface area (Å²) in [5.41, 5.74) is 2.61. The summed E-state index contributed by atoms with van der Waals surface area (Å²) in [6, 6.07) is 0. The van der Waals surface area contributed by atoms with E-state index in [2.05, 4.69) is 15.7 Å². The zero-order chi connectivity index (χ0) is 11.4. The van der Waals surface area contributed by atoms with Crippen LogP contribution in [0.5, 0.6) is 0 Å². The van der Waals surface area contributed by atoms with Gasteiger partial charge in [0.25, 0.3) is 12.2 Å². The molecule has 0 atom stereocenters. The van der Waals surface area contributed by atoms with E-state index in [1.54, 1.807) is 26.3 Å². The molecule has 1 N–H and O–H groups in total. The summed E-state index contributed by atoms with van der Waals surface area (Å²) in [4.78, 5) is 20.3. The van der Waals surface area contributed by atoms with Gasteiger partial charge in [-0.15, -0.1) is 20.9 Å². The smallest absolute Gasteiger partial charge is 0.209 e. The summed E-state index contributed by atoms with van der Waals surface area (Å²) in [6.45, 7) is 0. The van der Waals surface area contributed by atoms with Crippen LogP contribution in [0.2, 0.25) is 0 Å². The first kappa shape index (κ1) is 11.3. The van der Waals surface area contributed by atoms with Crippen LogP contribution in [-0.4, -0.2) is 59.1 Å². The maximum atomic E-state index is 10.2. The van der Waals surface area contributed by atoms with E-state index in [0.717, 1.165) is 10.5 Å². The number of hydrazine groups is 6. The molecule has 0 saturated carbocycles. The van der Waals surface area contributed by atoms with Crippen molar-refractivity contribution >= 4 is 12.2 Å². The highest BCUT2D eigenvalue weighted by molar-refractivity contribution is 5.32. The fourth-order valence-electron chi connectivity index (χ4n) is 0.911. The molecule has 0 aromatic carbocycles. The number of nitrogens with one attached hydrogen (secondary N) is 1. The molecule has 1 aliphatic rings. The third-order valence-electron chi connectivity index (χ3n) is 1.78. The van der Waals surface area contributed by atoms with Crippen molar-refractivity contribution < 1.29 is 9.59 Å². The lowest BCUT2D eigenvalue weighted by Gasteiger charge is -2.47. The van der Waals surface area contributed by atoms with E-state index in [1.807, 2.05) is 0 Å². The van der Waals surface area contributed by atoms with Gasteiger partial charge in [-0.05, 0) is 10.2 Å². The summed E-state index contributed by atoms with van der Waals surface area (Å²) in [7, 11) is 4.97. The Bertz CT molecular complexity index is 321. The zero-order valence-electron chi connectivity index (χ0n) is 8.45. The number of isocyanates is 2. The van der Waals surface area contributed by atoms with Crippen LogP contribution in [0.3, 0.4) is 0 Å². The summed E-state index contributed by atoms with van der Waals surface area (Å²) < 4.78 is 0. The van der Waals surface area contributed by atoms with Gasteiger partial charge < -0.3 is 0 Å². The SMILES string of the molecule is CN1NN(N=C=O)N(N=C=O)N(C)N1C. The Hall–Kier alpha value is -1.80. The summed E-state index contributed by atoms with van der Waals surface area (Å²) >= 11 is 0. The fraction of sp³-hybridized carbons (Fsp3) is 0.600. The van der Waals surface area contributed by atoms with Crippen LogP contribution in [0.25, 0.3) is 0 Å². The number of nitrogens with zero attached hydrogens (tertiary/aromatic N) is 7. The molecule has 1 fully saturated rings. The lowest BCUT2D eigenvalue weighted by atomic mass is 11.1. The maximum absolute atomic E-state index is 10.2. The molecule has 1 saturated heterocycles. The second-order valence-electron chi connectivity index (χ2n) is 2.54. The highest BCUT2D eigenvalue weighted by Crippen LogP contribution is 2.09. The molecule has 0 spiro atoms. The number of hydrogen-bond acceptors (Lipinski definition) is 10. The van der Waals surface area contributed by atoms with Gasteiger partial charge in [-0.25, -0.2) is 9.59 Å². The standard InChI is InChI=1S/C5H10N8O2/c1-9-8-12(6-4-14)13(7-5-15)11(3)10(9)2/h8H,1-3H3. The molecule has 0 unspecified atom stereocenters. The van der Waals surface area contributed by atoms with Gasteiger partial charge in [0.05, 0.1) is 0 Å². The highest BCUT2D eigenvalue weighted by atomic mass is 16.3. The molecule has 1 rings (SSSR count).